The van der Waals surface area contributed by atoms with Gasteiger partial charge in [-0.2, -0.15) is 0 Å². The summed E-state index contributed by atoms with van der Waals surface area (Å²) < 4.78 is 0. The molecule has 0 aromatic heterocycles. The van der Waals surface area contributed by atoms with Crippen LogP contribution in [0.3, 0.4) is 0 Å². The Kier molecular flexibility index (Phi) is 5.71. The summed E-state index contributed by atoms with van der Waals surface area (Å²) in [6.07, 6.45) is 6.06. The first-order valence-electron chi connectivity index (χ1n) is 4.69. The summed E-state index contributed by atoms with van der Waals surface area (Å²) in [6, 6.07) is 0.0398. The Morgan fingerprint density at radius 3 is 2.38 bits per heavy atom. The second-order valence-electron chi connectivity index (χ2n) is 3.56. The molecule has 0 saturated heterocycles. The van der Waals surface area contributed by atoms with E-state index >= 15 is 0 Å². The van der Waals surface area contributed by atoms with Crippen molar-refractivity contribution in [3.63, 3.8) is 0 Å². The smallest absolute Gasteiger partial charge is 0.320 e. The van der Waals surface area contributed by atoms with Crippen molar-refractivity contribution < 1.29 is 9.90 Å². The van der Waals surface area contributed by atoms with Crippen molar-refractivity contribution >= 4 is 5.97 Å². The van der Waals surface area contributed by atoms with E-state index in [4.69, 9.17) is 5.11 Å². The number of carboxylic acids is 1. The molecule has 1 fully saturated rings. The molecule has 0 aliphatic heterocycles. The number of carbonyl (C=O) groups is 1. The maximum Gasteiger partial charge on any atom is 0.320 e. The van der Waals surface area contributed by atoms with Crippen LogP contribution in [0.15, 0.2) is 0 Å². The lowest BCUT2D eigenvalue weighted by Gasteiger charge is -2.24. The van der Waals surface area contributed by atoms with Gasteiger partial charge in [-0.3, -0.25) is 4.79 Å². The first-order valence-corrected chi connectivity index (χ1v) is 4.69. The number of hydrogen-bond donors (Lipinski definition) is 2. The van der Waals surface area contributed by atoms with E-state index in [0.717, 1.165) is 12.8 Å². The molecule has 0 heterocycles. The van der Waals surface area contributed by atoms with Crippen LogP contribution in [0.5, 0.6) is 0 Å². The third kappa shape index (κ3) is 4.27. The summed E-state index contributed by atoms with van der Waals surface area (Å²) >= 11 is 0. The molecule has 1 aliphatic carbocycles. The van der Waals surface area contributed by atoms with Gasteiger partial charge in [-0.25, -0.2) is 0 Å². The number of rotatable bonds is 3. The van der Waals surface area contributed by atoms with Crippen LogP contribution in [-0.2, 0) is 4.79 Å². The molecule has 2 N–H and O–H groups in total. The minimum atomic E-state index is -0.749. The lowest BCUT2D eigenvalue weighted by molar-refractivity contribution is -0.139. The van der Waals surface area contributed by atoms with Crippen LogP contribution < -0.4 is 5.32 Å². The van der Waals surface area contributed by atoms with Gasteiger partial charge in [0, 0.05) is 6.04 Å². The van der Waals surface area contributed by atoms with E-state index in [2.05, 4.69) is 5.32 Å². The minimum Gasteiger partial charge on any atom is -0.480 e. The van der Waals surface area contributed by atoms with Gasteiger partial charge in [-0.1, -0.05) is 26.7 Å². The van der Waals surface area contributed by atoms with Crippen LogP contribution in [0.4, 0.5) is 0 Å². The van der Waals surface area contributed by atoms with E-state index in [9.17, 15) is 4.79 Å². The number of aliphatic carboxylic acids is 1. The fourth-order valence-corrected chi connectivity index (χ4v) is 1.69. The maximum absolute atomic E-state index is 10.5. The molecule has 1 atom stereocenters. The van der Waals surface area contributed by atoms with Crippen LogP contribution in [-0.4, -0.2) is 23.2 Å². The fourth-order valence-electron chi connectivity index (χ4n) is 1.69. The molecule has 3 nitrogen and oxygen atoms in total. The van der Waals surface area contributed by atoms with Gasteiger partial charge in [0.2, 0.25) is 0 Å². The molecule has 1 unspecified atom stereocenters. The van der Waals surface area contributed by atoms with Crippen LogP contribution in [0.1, 0.15) is 46.5 Å². The highest BCUT2D eigenvalue weighted by Crippen LogP contribution is 2.17. The van der Waals surface area contributed by atoms with Gasteiger partial charge in [0.25, 0.3) is 0 Å². The molecule has 78 valence electrons. The minimum absolute atomic E-state index is 0. The maximum atomic E-state index is 10.5. The summed E-state index contributed by atoms with van der Waals surface area (Å²) in [5.74, 6) is -0.749. The van der Waals surface area contributed by atoms with Gasteiger partial charge < -0.3 is 10.4 Å². The average Bonchev–Trinajstić information content (AvgIpc) is 2.06. The molecule has 0 spiro atoms. The Morgan fingerprint density at radius 1 is 1.38 bits per heavy atom. The number of hydrogen-bond acceptors (Lipinski definition) is 2. The van der Waals surface area contributed by atoms with Gasteiger partial charge >= 0.3 is 5.97 Å². The van der Waals surface area contributed by atoms with Crippen molar-refractivity contribution in [2.45, 2.75) is 58.5 Å². The molecule has 3 heteroatoms. The van der Waals surface area contributed by atoms with E-state index in [1.165, 1.54) is 19.3 Å². The zero-order valence-corrected chi connectivity index (χ0v) is 7.55. The highest BCUT2D eigenvalue weighted by molar-refractivity contribution is 5.72. The average molecular weight is 187 g/mol. The molecule has 1 saturated carbocycles. The molecule has 1 rings (SSSR count). The third-order valence-electron chi connectivity index (χ3n) is 2.46. The molecule has 0 aromatic rings. The van der Waals surface area contributed by atoms with Gasteiger partial charge in [0.05, 0.1) is 0 Å². The molecule has 0 bridgehead atoms. The number of carboxylic acid groups (broad SMARTS) is 1. The summed E-state index contributed by atoms with van der Waals surface area (Å²) in [7, 11) is 0. The highest BCUT2D eigenvalue weighted by Gasteiger charge is 2.18. The Bertz CT molecular complexity index is 153. The van der Waals surface area contributed by atoms with Gasteiger partial charge in [-0.15, -0.1) is 0 Å². The lowest BCUT2D eigenvalue weighted by atomic mass is 9.95. The van der Waals surface area contributed by atoms with Crippen molar-refractivity contribution in [2.24, 2.45) is 0 Å². The highest BCUT2D eigenvalue weighted by atomic mass is 16.4. The quantitative estimate of drug-likeness (QED) is 0.710. The summed E-state index contributed by atoms with van der Waals surface area (Å²) in [5.41, 5.74) is 0. The van der Waals surface area contributed by atoms with Crippen molar-refractivity contribution in [3.05, 3.63) is 0 Å². The second kappa shape index (κ2) is 5.97. The number of nitrogens with one attached hydrogen (secondary N) is 1. The standard InChI is InChI=1S/C9H17NO2.CH4/c1-7(9(11)12)10-8-5-3-2-4-6-8;/h7-8,10H,2-6H2,1H3,(H,11,12);1H4. The van der Waals surface area contributed by atoms with Crippen molar-refractivity contribution in [2.75, 3.05) is 0 Å². The SMILES string of the molecule is C.CC(NC1CCCCC1)C(=O)O. The van der Waals surface area contributed by atoms with Gasteiger partial charge in [0.1, 0.15) is 6.04 Å². The first kappa shape index (κ1) is 12.4. The van der Waals surface area contributed by atoms with Crippen LogP contribution >= 0.6 is 0 Å². The zero-order chi connectivity index (χ0) is 8.97. The fraction of sp³-hybridized carbons (Fsp3) is 0.900. The summed E-state index contributed by atoms with van der Waals surface area (Å²) in [5, 5.41) is 11.8. The van der Waals surface area contributed by atoms with Crippen LogP contribution in [0.2, 0.25) is 0 Å². The van der Waals surface area contributed by atoms with E-state index < -0.39 is 12.0 Å². The van der Waals surface area contributed by atoms with Crippen molar-refractivity contribution in [3.8, 4) is 0 Å². The van der Waals surface area contributed by atoms with E-state index in [0.29, 0.717) is 6.04 Å². The first-order chi connectivity index (χ1) is 5.70. The van der Waals surface area contributed by atoms with E-state index in [-0.39, 0.29) is 7.43 Å². The molecule has 0 radical (unpaired) electrons. The normalized spacial score (nSPS) is 20.4. The second-order valence-corrected chi connectivity index (χ2v) is 3.56. The molecular weight excluding hydrogens is 166 g/mol. The predicted molar refractivity (Wildman–Crippen MR) is 53.8 cm³/mol. The monoisotopic (exact) mass is 187 g/mol. The predicted octanol–water partition coefficient (Wildman–Crippen LogP) is 2.02. The largest absolute Gasteiger partial charge is 0.480 e. The Hall–Kier alpha value is -0.570. The Balaban J connectivity index is 0.00000144. The van der Waals surface area contributed by atoms with Gasteiger partial charge in [-0.05, 0) is 19.8 Å². The Morgan fingerprint density at radius 2 is 1.92 bits per heavy atom. The topological polar surface area (TPSA) is 49.3 Å². The molecule has 13 heavy (non-hydrogen) atoms. The molecule has 1 aliphatic rings. The van der Waals surface area contributed by atoms with E-state index in [1.807, 2.05) is 0 Å². The molecule has 0 amide bonds. The van der Waals surface area contributed by atoms with Crippen LogP contribution in [0.25, 0.3) is 0 Å². The Labute approximate surface area is 80.5 Å². The summed E-state index contributed by atoms with van der Waals surface area (Å²) in [6.45, 7) is 1.71. The van der Waals surface area contributed by atoms with Crippen molar-refractivity contribution in [1.29, 1.82) is 0 Å². The zero-order valence-electron chi connectivity index (χ0n) is 7.55. The van der Waals surface area contributed by atoms with Gasteiger partial charge in [0.15, 0.2) is 0 Å². The summed E-state index contributed by atoms with van der Waals surface area (Å²) in [4.78, 5) is 10.5. The van der Waals surface area contributed by atoms with Crippen molar-refractivity contribution in [1.82, 2.24) is 5.32 Å². The third-order valence-corrected chi connectivity index (χ3v) is 2.46. The van der Waals surface area contributed by atoms with Crippen LogP contribution in [0, 0.1) is 0 Å². The molecular formula is C10H21NO2. The molecule has 0 aromatic carbocycles. The van der Waals surface area contributed by atoms with E-state index in [1.54, 1.807) is 6.92 Å². The lowest BCUT2D eigenvalue weighted by Crippen LogP contribution is -2.42.